The molecule has 3 nitrogen and oxygen atoms in total. The molecule has 15 heavy (non-hydrogen) atoms. The summed E-state index contributed by atoms with van der Waals surface area (Å²) in [5.74, 6) is 0.672. The van der Waals surface area contributed by atoms with Crippen LogP contribution in [0.5, 0.6) is 0 Å². The monoisotopic (exact) mass is 211 g/mol. The minimum absolute atomic E-state index is 0.00579. The third-order valence-electron chi connectivity index (χ3n) is 4.16. The fourth-order valence-corrected chi connectivity index (χ4v) is 3.23. The van der Waals surface area contributed by atoms with Crippen molar-refractivity contribution in [3.8, 4) is 0 Å². The normalized spacial score (nSPS) is 26.3. The van der Waals surface area contributed by atoms with Crippen molar-refractivity contribution in [1.29, 1.82) is 0 Å². The van der Waals surface area contributed by atoms with Crippen LogP contribution in [-0.2, 0) is 9.53 Å². The number of nitrogens with one attached hydrogen (secondary N) is 1. The van der Waals surface area contributed by atoms with Gasteiger partial charge in [-0.2, -0.15) is 0 Å². The molecule has 86 valence electrons. The van der Waals surface area contributed by atoms with Crippen molar-refractivity contribution < 1.29 is 9.53 Å². The van der Waals surface area contributed by atoms with Crippen molar-refractivity contribution in [3.63, 3.8) is 0 Å². The first kappa shape index (κ1) is 10.9. The molecular weight excluding hydrogens is 190 g/mol. The van der Waals surface area contributed by atoms with Crippen LogP contribution < -0.4 is 5.32 Å². The third kappa shape index (κ3) is 1.78. The third-order valence-corrected chi connectivity index (χ3v) is 4.16. The molecule has 2 saturated carbocycles. The van der Waals surface area contributed by atoms with Crippen molar-refractivity contribution >= 4 is 5.97 Å². The molecule has 3 heteroatoms. The van der Waals surface area contributed by atoms with Gasteiger partial charge in [-0.05, 0) is 38.6 Å². The molecule has 0 heterocycles. The number of hydrogen-bond acceptors (Lipinski definition) is 3. The molecule has 2 rings (SSSR count). The summed E-state index contributed by atoms with van der Waals surface area (Å²) in [7, 11) is 3.48. The number of rotatable bonds is 4. The van der Waals surface area contributed by atoms with Crippen LogP contribution in [0.2, 0.25) is 0 Å². The predicted octanol–water partition coefficient (Wildman–Crippen LogP) is 1.72. The molecule has 2 aliphatic carbocycles. The van der Waals surface area contributed by atoms with E-state index in [4.69, 9.17) is 4.74 Å². The fraction of sp³-hybridized carbons (Fsp3) is 0.917. The molecule has 0 saturated heterocycles. The maximum Gasteiger partial charge on any atom is 0.313 e. The van der Waals surface area contributed by atoms with Gasteiger partial charge in [0.1, 0.15) is 0 Å². The van der Waals surface area contributed by atoms with Crippen LogP contribution in [-0.4, -0.2) is 26.2 Å². The highest BCUT2D eigenvalue weighted by atomic mass is 16.5. The molecule has 0 radical (unpaired) electrons. The molecule has 0 aromatic rings. The zero-order chi connectivity index (χ0) is 10.9. The van der Waals surface area contributed by atoms with Gasteiger partial charge >= 0.3 is 5.97 Å². The molecule has 2 fully saturated rings. The summed E-state index contributed by atoms with van der Waals surface area (Å²) >= 11 is 0. The highest BCUT2D eigenvalue weighted by Gasteiger charge is 2.58. The van der Waals surface area contributed by atoms with E-state index in [1.54, 1.807) is 0 Å². The Balaban J connectivity index is 2.08. The number of esters is 1. The lowest BCUT2D eigenvalue weighted by Gasteiger charge is -2.29. The van der Waals surface area contributed by atoms with Gasteiger partial charge in [-0.1, -0.05) is 12.8 Å². The molecule has 0 bridgehead atoms. The van der Waals surface area contributed by atoms with Gasteiger partial charge in [0, 0.05) is 6.04 Å². The van der Waals surface area contributed by atoms with Crippen LogP contribution in [0.25, 0.3) is 0 Å². The molecule has 1 N–H and O–H groups in total. The van der Waals surface area contributed by atoms with Crippen molar-refractivity contribution in [2.24, 2.45) is 11.3 Å². The van der Waals surface area contributed by atoms with Crippen LogP contribution in [0.15, 0.2) is 0 Å². The predicted molar refractivity (Wildman–Crippen MR) is 58.5 cm³/mol. The van der Waals surface area contributed by atoms with E-state index in [-0.39, 0.29) is 11.4 Å². The standard InChI is InChI=1S/C12H21NO2/c1-13-10(9-5-3-4-6-9)12(7-8-12)11(14)15-2/h9-10,13H,3-8H2,1-2H3. The average Bonchev–Trinajstić information content (AvgIpc) is 2.87. The smallest absolute Gasteiger partial charge is 0.313 e. The Kier molecular flexibility index (Phi) is 3.01. The number of carbonyl (C=O) groups is 1. The lowest BCUT2D eigenvalue weighted by molar-refractivity contribution is -0.149. The first-order valence-electron chi connectivity index (χ1n) is 6.00. The zero-order valence-electron chi connectivity index (χ0n) is 9.71. The van der Waals surface area contributed by atoms with Crippen LogP contribution >= 0.6 is 0 Å². The number of ether oxygens (including phenoxy) is 1. The van der Waals surface area contributed by atoms with Gasteiger partial charge < -0.3 is 10.1 Å². The fourth-order valence-electron chi connectivity index (χ4n) is 3.23. The molecule has 1 atom stereocenters. The molecule has 0 spiro atoms. The van der Waals surface area contributed by atoms with E-state index >= 15 is 0 Å². The van der Waals surface area contributed by atoms with E-state index in [2.05, 4.69) is 5.32 Å². The zero-order valence-corrected chi connectivity index (χ0v) is 9.71. The van der Waals surface area contributed by atoms with Crippen molar-refractivity contribution in [2.45, 2.75) is 44.6 Å². The summed E-state index contributed by atoms with van der Waals surface area (Å²) in [5.41, 5.74) is -0.182. The lowest BCUT2D eigenvalue weighted by atomic mass is 9.84. The Morgan fingerprint density at radius 1 is 1.40 bits per heavy atom. The summed E-state index contributed by atoms with van der Waals surface area (Å²) in [6, 6.07) is 0.340. The van der Waals surface area contributed by atoms with E-state index in [1.807, 2.05) is 7.05 Å². The van der Waals surface area contributed by atoms with Gasteiger partial charge in [-0.3, -0.25) is 4.79 Å². The highest BCUT2D eigenvalue weighted by molar-refractivity contribution is 5.80. The van der Waals surface area contributed by atoms with Crippen molar-refractivity contribution in [2.75, 3.05) is 14.2 Å². The summed E-state index contributed by atoms with van der Waals surface area (Å²) < 4.78 is 4.94. The number of carbonyl (C=O) groups excluding carboxylic acids is 1. The lowest BCUT2D eigenvalue weighted by Crippen LogP contribution is -2.45. The van der Waals surface area contributed by atoms with Crippen LogP contribution in [0.3, 0.4) is 0 Å². The van der Waals surface area contributed by atoms with Crippen molar-refractivity contribution in [3.05, 3.63) is 0 Å². The first-order chi connectivity index (χ1) is 7.24. The molecule has 1 unspecified atom stereocenters. The Morgan fingerprint density at radius 2 is 2.00 bits per heavy atom. The second kappa shape index (κ2) is 4.12. The van der Waals surface area contributed by atoms with E-state index in [1.165, 1.54) is 32.8 Å². The van der Waals surface area contributed by atoms with Gasteiger partial charge in [0.15, 0.2) is 0 Å². The molecule has 0 aromatic carbocycles. The summed E-state index contributed by atoms with van der Waals surface area (Å²) in [4.78, 5) is 11.8. The van der Waals surface area contributed by atoms with Gasteiger partial charge in [-0.25, -0.2) is 0 Å². The van der Waals surface area contributed by atoms with E-state index < -0.39 is 0 Å². The summed E-state index contributed by atoms with van der Waals surface area (Å²) in [5, 5.41) is 3.36. The Bertz CT molecular complexity index is 242. The highest BCUT2D eigenvalue weighted by Crippen LogP contribution is 2.53. The summed E-state index contributed by atoms with van der Waals surface area (Å²) in [6.07, 6.45) is 7.18. The SMILES string of the molecule is CNC(C1CCCC1)C1(C(=O)OC)CC1. The summed E-state index contributed by atoms with van der Waals surface area (Å²) in [6.45, 7) is 0. The van der Waals surface area contributed by atoms with Crippen LogP contribution in [0.1, 0.15) is 38.5 Å². The van der Waals surface area contributed by atoms with Gasteiger partial charge in [0.2, 0.25) is 0 Å². The van der Waals surface area contributed by atoms with Gasteiger partial charge in [0.25, 0.3) is 0 Å². The molecule has 2 aliphatic rings. The van der Waals surface area contributed by atoms with Crippen LogP contribution in [0, 0.1) is 11.3 Å². The molecule has 0 amide bonds. The molecular formula is C12H21NO2. The minimum Gasteiger partial charge on any atom is -0.469 e. The van der Waals surface area contributed by atoms with Gasteiger partial charge in [-0.15, -0.1) is 0 Å². The topological polar surface area (TPSA) is 38.3 Å². The Labute approximate surface area is 91.6 Å². The quantitative estimate of drug-likeness (QED) is 0.720. The minimum atomic E-state index is -0.182. The molecule has 0 aromatic heterocycles. The van der Waals surface area contributed by atoms with E-state index in [0.29, 0.717) is 12.0 Å². The Morgan fingerprint density at radius 3 is 2.40 bits per heavy atom. The Hall–Kier alpha value is -0.570. The van der Waals surface area contributed by atoms with E-state index in [9.17, 15) is 4.79 Å². The largest absolute Gasteiger partial charge is 0.469 e. The number of hydrogen-bond donors (Lipinski definition) is 1. The maximum absolute atomic E-state index is 11.8. The maximum atomic E-state index is 11.8. The second-order valence-corrected chi connectivity index (χ2v) is 4.96. The average molecular weight is 211 g/mol. The van der Waals surface area contributed by atoms with E-state index in [0.717, 1.165) is 12.8 Å². The number of methoxy groups -OCH3 is 1. The molecule has 0 aliphatic heterocycles. The second-order valence-electron chi connectivity index (χ2n) is 4.96. The van der Waals surface area contributed by atoms with Crippen molar-refractivity contribution in [1.82, 2.24) is 5.32 Å². The van der Waals surface area contributed by atoms with Crippen LogP contribution in [0.4, 0.5) is 0 Å². The first-order valence-corrected chi connectivity index (χ1v) is 6.00. The van der Waals surface area contributed by atoms with Gasteiger partial charge in [0.05, 0.1) is 12.5 Å².